The molecule has 1 aromatic rings. The number of ether oxygens (including phenoxy) is 1. The molecule has 0 aliphatic heterocycles. The number of rotatable bonds is 6. The van der Waals surface area contributed by atoms with Crippen LogP contribution in [0.15, 0.2) is 36.9 Å². The maximum Gasteiger partial charge on any atom is 0.405 e. The van der Waals surface area contributed by atoms with Crippen LogP contribution in [0.1, 0.15) is 5.56 Å². The summed E-state index contributed by atoms with van der Waals surface area (Å²) < 4.78 is 5.31. The summed E-state index contributed by atoms with van der Waals surface area (Å²) in [6, 6.07) is 8.29. The lowest BCUT2D eigenvalue weighted by Crippen LogP contribution is -2.33. The number of benzene rings is 1. The van der Waals surface area contributed by atoms with Crippen molar-refractivity contribution in [2.45, 2.75) is 12.5 Å². The molecule has 0 bridgehead atoms. The number of nitrogens with one attached hydrogen (secondary N) is 1. The number of hydrogen-bond donors (Lipinski definition) is 2. The smallest absolute Gasteiger partial charge is 0.405 e. The molecular weight excluding hydrogens is 232 g/mol. The Balaban J connectivity index is 2.59. The Morgan fingerprint density at radius 2 is 2.22 bits per heavy atom. The Labute approximate surface area is 105 Å². The molecule has 1 aromatic carbocycles. The maximum absolute atomic E-state index is 10.4. The molecule has 94 valence electrons. The van der Waals surface area contributed by atoms with Gasteiger partial charge in [0.15, 0.2) is 0 Å². The van der Waals surface area contributed by atoms with E-state index in [1.807, 2.05) is 6.07 Å². The molecule has 0 aromatic heterocycles. The summed E-state index contributed by atoms with van der Waals surface area (Å²) in [5.41, 5.74) is 0.862. The van der Waals surface area contributed by atoms with E-state index in [1.54, 1.807) is 30.3 Å². The summed E-state index contributed by atoms with van der Waals surface area (Å²) in [7, 11) is 0. The Kier molecular flexibility index (Phi) is 5.26. The van der Waals surface area contributed by atoms with Gasteiger partial charge in [0.05, 0.1) is 6.07 Å². The molecule has 1 rings (SSSR count). The quantitative estimate of drug-likeness (QED) is 0.751. The minimum Gasteiger partial charge on any atom is -0.490 e. The largest absolute Gasteiger partial charge is 0.490 e. The molecule has 1 amide bonds. The van der Waals surface area contributed by atoms with Crippen molar-refractivity contribution < 1.29 is 14.6 Å². The van der Waals surface area contributed by atoms with Crippen LogP contribution in [0, 0.1) is 11.3 Å². The molecule has 0 spiro atoms. The molecule has 0 saturated heterocycles. The van der Waals surface area contributed by atoms with Crippen LogP contribution < -0.4 is 10.1 Å². The van der Waals surface area contributed by atoms with Gasteiger partial charge >= 0.3 is 6.09 Å². The summed E-state index contributed by atoms with van der Waals surface area (Å²) in [6.07, 6.45) is 0.772. The first kappa shape index (κ1) is 13.6. The van der Waals surface area contributed by atoms with Gasteiger partial charge in [-0.05, 0) is 17.7 Å². The highest BCUT2D eigenvalue weighted by molar-refractivity contribution is 5.65. The van der Waals surface area contributed by atoms with Crippen LogP contribution in [-0.2, 0) is 6.42 Å². The van der Waals surface area contributed by atoms with E-state index in [2.05, 4.69) is 11.9 Å². The van der Waals surface area contributed by atoms with Crippen LogP contribution in [0.5, 0.6) is 5.75 Å². The summed E-state index contributed by atoms with van der Waals surface area (Å²) in [4.78, 5) is 10.4. The first-order valence-corrected chi connectivity index (χ1v) is 5.37. The lowest BCUT2D eigenvalue weighted by atomic mass is 10.1. The third kappa shape index (κ3) is 4.58. The van der Waals surface area contributed by atoms with E-state index in [-0.39, 0.29) is 0 Å². The standard InChI is InChI=1S/C13H14N2O3/c1-2-7-18-12-5-3-10(4-6-12)8-11(9-14)15-13(16)17/h2-6,11,15H,1,7-8H2,(H,16,17). The average Bonchev–Trinajstić information content (AvgIpc) is 2.36. The minimum absolute atomic E-state index is 0.324. The third-order valence-corrected chi connectivity index (χ3v) is 2.18. The summed E-state index contributed by atoms with van der Waals surface area (Å²) in [6.45, 7) is 3.98. The molecule has 5 heteroatoms. The van der Waals surface area contributed by atoms with E-state index < -0.39 is 12.1 Å². The monoisotopic (exact) mass is 246 g/mol. The van der Waals surface area contributed by atoms with Crippen molar-refractivity contribution in [1.29, 1.82) is 5.26 Å². The second-order valence-corrected chi connectivity index (χ2v) is 3.58. The highest BCUT2D eigenvalue weighted by Crippen LogP contribution is 2.13. The van der Waals surface area contributed by atoms with Gasteiger partial charge < -0.3 is 15.2 Å². The molecule has 0 fully saturated rings. The van der Waals surface area contributed by atoms with Crippen molar-refractivity contribution in [1.82, 2.24) is 5.32 Å². The number of carboxylic acid groups (broad SMARTS) is 1. The molecule has 0 saturated carbocycles. The summed E-state index contributed by atoms with van der Waals surface area (Å²) >= 11 is 0. The van der Waals surface area contributed by atoms with Gasteiger partial charge in [-0.3, -0.25) is 0 Å². The van der Waals surface area contributed by atoms with Crippen LogP contribution in [0.3, 0.4) is 0 Å². The second-order valence-electron chi connectivity index (χ2n) is 3.58. The van der Waals surface area contributed by atoms with Crippen molar-refractivity contribution >= 4 is 6.09 Å². The fourth-order valence-electron chi connectivity index (χ4n) is 1.39. The van der Waals surface area contributed by atoms with Crippen LogP contribution in [0.2, 0.25) is 0 Å². The number of nitrogens with zero attached hydrogens (tertiary/aromatic N) is 1. The van der Waals surface area contributed by atoms with Gasteiger partial charge in [0.1, 0.15) is 18.4 Å². The first-order valence-electron chi connectivity index (χ1n) is 5.37. The van der Waals surface area contributed by atoms with Crippen molar-refractivity contribution in [3.8, 4) is 11.8 Å². The zero-order valence-corrected chi connectivity index (χ0v) is 9.80. The van der Waals surface area contributed by atoms with Gasteiger partial charge in [0, 0.05) is 6.42 Å². The van der Waals surface area contributed by atoms with Crippen LogP contribution >= 0.6 is 0 Å². The highest BCUT2D eigenvalue weighted by Gasteiger charge is 2.10. The maximum atomic E-state index is 10.4. The van der Waals surface area contributed by atoms with Crippen LogP contribution in [-0.4, -0.2) is 23.8 Å². The van der Waals surface area contributed by atoms with E-state index in [0.29, 0.717) is 18.8 Å². The van der Waals surface area contributed by atoms with Crippen molar-refractivity contribution in [3.63, 3.8) is 0 Å². The molecule has 0 aliphatic rings. The molecule has 2 N–H and O–H groups in total. The number of nitriles is 1. The topological polar surface area (TPSA) is 82.3 Å². The average molecular weight is 246 g/mol. The predicted octanol–water partition coefficient (Wildman–Crippen LogP) is 1.95. The molecule has 1 atom stereocenters. The van der Waals surface area contributed by atoms with Crippen LogP contribution in [0.25, 0.3) is 0 Å². The SMILES string of the molecule is C=CCOc1ccc(CC(C#N)NC(=O)O)cc1. The summed E-state index contributed by atoms with van der Waals surface area (Å²) in [5.74, 6) is 0.707. The van der Waals surface area contributed by atoms with E-state index in [0.717, 1.165) is 5.56 Å². The third-order valence-electron chi connectivity index (χ3n) is 2.18. The zero-order chi connectivity index (χ0) is 13.4. The zero-order valence-electron chi connectivity index (χ0n) is 9.80. The summed E-state index contributed by atoms with van der Waals surface area (Å²) in [5, 5.41) is 19.5. The van der Waals surface area contributed by atoms with Gasteiger partial charge in [-0.25, -0.2) is 4.79 Å². The number of hydrogen-bond acceptors (Lipinski definition) is 3. The second kappa shape index (κ2) is 6.97. The van der Waals surface area contributed by atoms with Gasteiger partial charge in [0.25, 0.3) is 0 Å². The molecule has 1 unspecified atom stereocenters. The minimum atomic E-state index is -1.20. The Hall–Kier alpha value is -2.48. The fraction of sp³-hybridized carbons (Fsp3) is 0.231. The Morgan fingerprint density at radius 1 is 1.56 bits per heavy atom. The van der Waals surface area contributed by atoms with E-state index in [4.69, 9.17) is 15.1 Å². The van der Waals surface area contributed by atoms with E-state index >= 15 is 0 Å². The first-order chi connectivity index (χ1) is 8.65. The fourth-order valence-corrected chi connectivity index (χ4v) is 1.39. The number of carbonyl (C=O) groups is 1. The Morgan fingerprint density at radius 3 is 2.72 bits per heavy atom. The molecular formula is C13H14N2O3. The van der Waals surface area contributed by atoms with Gasteiger partial charge in [-0.15, -0.1) is 0 Å². The normalized spacial score (nSPS) is 11.1. The lowest BCUT2D eigenvalue weighted by molar-refractivity contribution is 0.192. The Bertz CT molecular complexity index is 448. The van der Waals surface area contributed by atoms with Gasteiger partial charge in [-0.2, -0.15) is 5.26 Å². The molecule has 0 heterocycles. The van der Waals surface area contributed by atoms with Crippen molar-refractivity contribution in [3.05, 3.63) is 42.5 Å². The lowest BCUT2D eigenvalue weighted by Gasteiger charge is -2.09. The van der Waals surface area contributed by atoms with Crippen molar-refractivity contribution in [2.75, 3.05) is 6.61 Å². The molecule has 0 aliphatic carbocycles. The van der Waals surface area contributed by atoms with Crippen molar-refractivity contribution in [2.24, 2.45) is 0 Å². The van der Waals surface area contributed by atoms with Crippen LogP contribution in [0.4, 0.5) is 4.79 Å². The van der Waals surface area contributed by atoms with E-state index in [9.17, 15) is 4.79 Å². The molecule has 0 radical (unpaired) electrons. The molecule has 5 nitrogen and oxygen atoms in total. The van der Waals surface area contributed by atoms with E-state index in [1.165, 1.54) is 0 Å². The number of amides is 1. The van der Waals surface area contributed by atoms with Gasteiger partial charge in [-0.1, -0.05) is 24.8 Å². The predicted molar refractivity (Wildman–Crippen MR) is 66.4 cm³/mol. The highest BCUT2D eigenvalue weighted by atomic mass is 16.5. The van der Waals surface area contributed by atoms with Gasteiger partial charge in [0.2, 0.25) is 0 Å². The molecule has 18 heavy (non-hydrogen) atoms.